The highest BCUT2D eigenvalue weighted by atomic mass is 15.1. The van der Waals surface area contributed by atoms with Crippen molar-refractivity contribution >= 4 is 11.4 Å². The van der Waals surface area contributed by atoms with E-state index in [1.54, 1.807) is 0 Å². The van der Waals surface area contributed by atoms with Crippen molar-refractivity contribution < 1.29 is 0 Å². The van der Waals surface area contributed by atoms with Crippen LogP contribution in [0.1, 0.15) is 23.6 Å². The quantitative estimate of drug-likeness (QED) is 0.838. The summed E-state index contributed by atoms with van der Waals surface area (Å²) in [6.07, 6.45) is 1.18. The summed E-state index contributed by atoms with van der Waals surface area (Å²) in [6, 6.07) is 15.2. The predicted molar refractivity (Wildman–Crippen MR) is 86.0 cm³/mol. The van der Waals surface area contributed by atoms with E-state index < -0.39 is 0 Å². The first-order valence-corrected chi connectivity index (χ1v) is 7.31. The van der Waals surface area contributed by atoms with Crippen molar-refractivity contribution in [1.82, 2.24) is 0 Å². The van der Waals surface area contributed by atoms with Crippen LogP contribution in [0.3, 0.4) is 0 Å². The van der Waals surface area contributed by atoms with Gasteiger partial charge in [-0.05, 0) is 48.1 Å². The molecule has 2 N–H and O–H groups in total. The van der Waals surface area contributed by atoms with E-state index in [0.29, 0.717) is 5.92 Å². The maximum absolute atomic E-state index is 6.03. The van der Waals surface area contributed by atoms with Gasteiger partial charge in [0.2, 0.25) is 0 Å². The van der Waals surface area contributed by atoms with E-state index in [9.17, 15) is 0 Å². The predicted octanol–water partition coefficient (Wildman–Crippen LogP) is 3.78. The average molecular weight is 266 g/mol. The third kappa shape index (κ3) is 2.51. The number of aryl methyl sites for hydroxylation is 1. The Bertz CT molecular complexity index is 619. The van der Waals surface area contributed by atoms with Gasteiger partial charge in [0.25, 0.3) is 0 Å². The normalized spacial score (nSPS) is 17.9. The highest BCUT2D eigenvalue weighted by molar-refractivity contribution is 5.57. The average Bonchev–Trinajstić information content (AvgIpc) is 2.43. The second-order valence-electron chi connectivity index (χ2n) is 6.01. The number of para-hydroxylation sites is 1. The minimum atomic E-state index is 0.702. The molecule has 2 heteroatoms. The third-order valence-electron chi connectivity index (χ3n) is 4.15. The summed E-state index contributed by atoms with van der Waals surface area (Å²) < 4.78 is 0. The number of hydrogen-bond acceptors (Lipinski definition) is 2. The lowest BCUT2D eigenvalue weighted by molar-refractivity contribution is 0.530. The van der Waals surface area contributed by atoms with Crippen molar-refractivity contribution in [3.05, 3.63) is 59.2 Å². The summed E-state index contributed by atoms with van der Waals surface area (Å²) in [5.74, 6) is 0.702. The summed E-state index contributed by atoms with van der Waals surface area (Å²) in [6.45, 7) is 6.43. The van der Waals surface area contributed by atoms with Gasteiger partial charge in [0, 0.05) is 24.5 Å². The zero-order chi connectivity index (χ0) is 14.1. The second-order valence-corrected chi connectivity index (χ2v) is 6.01. The molecule has 2 aromatic carbocycles. The van der Waals surface area contributed by atoms with Crippen molar-refractivity contribution in [2.45, 2.75) is 26.8 Å². The van der Waals surface area contributed by atoms with Gasteiger partial charge >= 0.3 is 0 Å². The maximum Gasteiger partial charge on any atom is 0.0430 e. The molecule has 1 atom stereocenters. The zero-order valence-corrected chi connectivity index (χ0v) is 12.3. The third-order valence-corrected chi connectivity index (χ3v) is 4.15. The van der Waals surface area contributed by atoms with Crippen molar-refractivity contribution in [2.75, 3.05) is 17.2 Å². The Kier molecular flexibility index (Phi) is 3.39. The van der Waals surface area contributed by atoms with Crippen LogP contribution in [0.4, 0.5) is 11.4 Å². The molecule has 0 radical (unpaired) electrons. The summed E-state index contributed by atoms with van der Waals surface area (Å²) in [4.78, 5) is 2.48. The molecular weight excluding hydrogens is 244 g/mol. The van der Waals surface area contributed by atoms with Gasteiger partial charge in [-0.3, -0.25) is 0 Å². The molecule has 0 amide bonds. The molecule has 0 fully saturated rings. The number of nitrogens with two attached hydrogens (primary N) is 1. The summed E-state index contributed by atoms with van der Waals surface area (Å²) in [5.41, 5.74) is 12.2. The van der Waals surface area contributed by atoms with Crippen LogP contribution in [-0.4, -0.2) is 6.54 Å². The Hall–Kier alpha value is -1.96. The first kappa shape index (κ1) is 13.0. The fourth-order valence-electron chi connectivity index (χ4n) is 3.06. The van der Waals surface area contributed by atoms with Crippen LogP contribution < -0.4 is 10.6 Å². The van der Waals surface area contributed by atoms with Crippen LogP contribution in [0.15, 0.2) is 42.5 Å². The molecule has 1 aliphatic rings. The fourth-order valence-corrected chi connectivity index (χ4v) is 3.06. The number of benzene rings is 2. The van der Waals surface area contributed by atoms with Crippen LogP contribution in [0.2, 0.25) is 0 Å². The first-order chi connectivity index (χ1) is 9.63. The van der Waals surface area contributed by atoms with E-state index in [4.69, 9.17) is 5.73 Å². The van der Waals surface area contributed by atoms with Gasteiger partial charge in [0.15, 0.2) is 0 Å². The van der Waals surface area contributed by atoms with Crippen molar-refractivity contribution in [3.63, 3.8) is 0 Å². The number of nitrogens with zero attached hydrogens (tertiary/aromatic N) is 1. The van der Waals surface area contributed by atoms with Crippen molar-refractivity contribution in [1.29, 1.82) is 0 Å². The lowest BCUT2D eigenvalue weighted by Gasteiger charge is -2.35. The van der Waals surface area contributed by atoms with E-state index in [0.717, 1.165) is 24.3 Å². The highest BCUT2D eigenvalue weighted by Crippen LogP contribution is 2.30. The molecule has 0 spiro atoms. The molecule has 20 heavy (non-hydrogen) atoms. The highest BCUT2D eigenvalue weighted by Gasteiger charge is 2.21. The molecule has 0 aromatic heterocycles. The van der Waals surface area contributed by atoms with Crippen molar-refractivity contribution in [2.24, 2.45) is 5.92 Å². The SMILES string of the molecule is Cc1ccc(CN2CC(C)Cc3ccccc32)cc1N. The molecule has 0 aliphatic carbocycles. The molecule has 0 bridgehead atoms. The fraction of sp³-hybridized carbons (Fsp3) is 0.333. The van der Waals surface area contributed by atoms with Gasteiger partial charge in [-0.1, -0.05) is 37.3 Å². The lowest BCUT2D eigenvalue weighted by atomic mass is 9.93. The molecule has 1 aliphatic heterocycles. The van der Waals surface area contributed by atoms with Gasteiger partial charge in [-0.15, -0.1) is 0 Å². The summed E-state index contributed by atoms with van der Waals surface area (Å²) >= 11 is 0. The van der Waals surface area contributed by atoms with Crippen LogP contribution in [0.5, 0.6) is 0 Å². The Labute approximate surface area is 121 Å². The number of hydrogen-bond donors (Lipinski definition) is 1. The minimum absolute atomic E-state index is 0.702. The van der Waals surface area contributed by atoms with E-state index in [-0.39, 0.29) is 0 Å². The Morgan fingerprint density at radius 3 is 2.80 bits per heavy atom. The van der Waals surface area contributed by atoms with E-state index >= 15 is 0 Å². The Balaban J connectivity index is 1.89. The molecule has 104 valence electrons. The van der Waals surface area contributed by atoms with Gasteiger partial charge in [-0.25, -0.2) is 0 Å². The number of fused-ring (bicyclic) bond motifs is 1. The van der Waals surface area contributed by atoms with E-state index in [2.05, 4.69) is 61.2 Å². The Morgan fingerprint density at radius 2 is 2.00 bits per heavy atom. The molecule has 0 saturated heterocycles. The second kappa shape index (κ2) is 5.20. The zero-order valence-electron chi connectivity index (χ0n) is 12.3. The van der Waals surface area contributed by atoms with Crippen LogP contribution >= 0.6 is 0 Å². The first-order valence-electron chi connectivity index (χ1n) is 7.31. The van der Waals surface area contributed by atoms with Gasteiger partial charge < -0.3 is 10.6 Å². The monoisotopic (exact) mass is 266 g/mol. The van der Waals surface area contributed by atoms with Crippen molar-refractivity contribution in [3.8, 4) is 0 Å². The lowest BCUT2D eigenvalue weighted by Crippen LogP contribution is -2.33. The number of rotatable bonds is 2. The molecule has 2 nitrogen and oxygen atoms in total. The number of nitrogen functional groups attached to an aromatic ring is 1. The van der Waals surface area contributed by atoms with Gasteiger partial charge in [0.05, 0.1) is 0 Å². The topological polar surface area (TPSA) is 29.3 Å². The molecule has 2 aromatic rings. The molecule has 1 unspecified atom stereocenters. The largest absolute Gasteiger partial charge is 0.399 e. The van der Waals surface area contributed by atoms with E-state index in [1.165, 1.54) is 23.2 Å². The van der Waals surface area contributed by atoms with Gasteiger partial charge in [0.1, 0.15) is 0 Å². The molecular formula is C18H22N2. The molecule has 1 heterocycles. The smallest absolute Gasteiger partial charge is 0.0430 e. The minimum Gasteiger partial charge on any atom is -0.399 e. The van der Waals surface area contributed by atoms with E-state index in [1.807, 2.05) is 0 Å². The Morgan fingerprint density at radius 1 is 1.20 bits per heavy atom. The molecule has 3 rings (SSSR count). The van der Waals surface area contributed by atoms with Crippen LogP contribution in [0.25, 0.3) is 0 Å². The van der Waals surface area contributed by atoms with Crippen LogP contribution in [-0.2, 0) is 13.0 Å². The maximum atomic E-state index is 6.03. The molecule has 0 saturated carbocycles. The standard InChI is InChI=1S/C18H22N2/c1-13-9-16-5-3-4-6-18(16)20(11-13)12-15-8-7-14(2)17(19)10-15/h3-8,10,13H,9,11-12,19H2,1-2H3. The van der Waals surface area contributed by atoms with Crippen LogP contribution in [0, 0.1) is 12.8 Å². The number of anilines is 2. The summed E-state index contributed by atoms with van der Waals surface area (Å²) in [7, 11) is 0. The summed E-state index contributed by atoms with van der Waals surface area (Å²) in [5, 5.41) is 0. The van der Waals surface area contributed by atoms with Gasteiger partial charge in [-0.2, -0.15) is 0 Å².